The summed E-state index contributed by atoms with van der Waals surface area (Å²) in [5.74, 6) is -1.59. The largest absolute Gasteiger partial charge is 0.489 e. The van der Waals surface area contributed by atoms with Crippen molar-refractivity contribution < 1.29 is 24.7 Å². The van der Waals surface area contributed by atoms with Crippen LogP contribution in [0.2, 0.25) is 0 Å². The predicted octanol–water partition coefficient (Wildman–Crippen LogP) is 1.44. The van der Waals surface area contributed by atoms with E-state index in [1.165, 1.54) is 26.0 Å². The Labute approximate surface area is 103 Å². The first-order chi connectivity index (χ1) is 8.22. The van der Waals surface area contributed by atoms with Gasteiger partial charge in [-0.15, -0.1) is 0 Å². The van der Waals surface area contributed by atoms with Crippen LogP contribution in [0, 0.1) is 10.1 Å². The van der Waals surface area contributed by atoms with Crippen molar-refractivity contribution in [2.75, 3.05) is 6.61 Å². The first-order valence-electron chi connectivity index (χ1n) is 5.08. The van der Waals surface area contributed by atoms with Crippen molar-refractivity contribution in [3.63, 3.8) is 0 Å². The highest BCUT2D eigenvalue weighted by Crippen LogP contribution is 2.28. The monoisotopic (exact) mass is 255 g/mol. The predicted molar refractivity (Wildman–Crippen MR) is 61.8 cm³/mol. The summed E-state index contributed by atoms with van der Waals surface area (Å²) < 4.78 is 5.12. The molecule has 0 unspecified atom stereocenters. The van der Waals surface area contributed by atoms with Gasteiger partial charge in [0.1, 0.15) is 12.4 Å². The number of aliphatic hydroxyl groups is 1. The smallest absolute Gasteiger partial charge is 0.346 e. The maximum atomic E-state index is 11.0. The van der Waals surface area contributed by atoms with Crippen LogP contribution in [0.25, 0.3) is 0 Å². The highest BCUT2D eigenvalue weighted by atomic mass is 16.6. The molecule has 0 saturated heterocycles. The summed E-state index contributed by atoms with van der Waals surface area (Å²) in [6, 6.07) is 3.72. The van der Waals surface area contributed by atoms with Gasteiger partial charge in [-0.1, -0.05) is 6.07 Å². The Morgan fingerprint density at radius 2 is 2.11 bits per heavy atom. The van der Waals surface area contributed by atoms with Crippen LogP contribution in [-0.4, -0.2) is 33.3 Å². The molecule has 1 aromatic carbocycles. The van der Waals surface area contributed by atoms with Gasteiger partial charge < -0.3 is 14.9 Å². The quantitative estimate of drug-likeness (QED) is 0.608. The van der Waals surface area contributed by atoms with E-state index < -0.39 is 27.7 Å². The lowest BCUT2D eigenvalue weighted by molar-refractivity contribution is -0.385. The van der Waals surface area contributed by atoms with Gasteiger partial charge in [-0.25, -0.2) is 4.79 Å². The Balaban J connectivity index is 3.15. The molecule has 1 rings (SSSR count). The molecular weight excluding hydrogens is 242 g/mol. The number of nitro groups is 1. The van der Waals surface area contributed by atoms with Crippen molar-refractivity contribution >= 4 is 11.7 Å². The van der Waals surface area contributed by atoms with E-state index >= 15 is 0 Å². The average molecular weight is 255 g/mol. The minimum Gasteiger partial charge on any atom is -0.489 e. The van der Waals surface area contributed by atoms with Gasteiger partial charge in [0.05, 0.1) is 10.5 Å². The van der Waals surface area contributed by atoms with Crippen LogP contribution in [0.4, 0.5) is 5.69 Å². The van der Waals surface area contributed by atoms with Crippen LogP contribution in [0.1, 0.15) is 24.2 Å². The second kappa shape index (κ2) is 5.01. The molecule has 2 N–H and O–H groups in total. The average Bonchev–Trinajstić information content (AvgIpc) is 2.24. The van der Waals surface area contributed by atoms with E-state index in [4.69, 9.17) is 9.84 Å². The fraction of sp³-hybridized carbons (Fsp3) is 0.364. The number of hydrogen-bond donors (Lipinski definition) is 2. The molecule has 0 aliphatic carbocycles. The van der Waals surface area contributed by atoms with Crippen LogP contribution < -0.4 is 4.74 Å². The SMILES string of the molecule is CC(C)(O)COc1cccc([N+](=O)[O-])c1C(=O)O. The number of nitrogens with zero attached hydrogens (tertiary/aromatic N) is 1. The third-order valence-corrected chi connectivity index (χ3v) is 2.00. The van der Waals surface area contributed by atoms with Crippen molar-refractivity contribution in [3.05, 3.63) is 33.9 Å². The molecule has 0 spiro atoms. The molecule has 0 radical (unpaired) electrons. The molecule has 0 bridgehead atoms. The lowest BCUT2D eigenvalue weighted by Crippen LogP contribution is -2.28. The number of ether oxygens (including phenoxy) is 1. The Morgan fingerprint density at radius 3 is 2.56 bits per heavy atom. The van der Waals surface area contributed by atoms with E-state index in [0.29, 0.717) is 0 Å². The summed E-state index contributed by atoms with van der Waals surface area (Å²) >= 11 is 0. The standard InChI is InChI=1S/C11H13NO6/c1-11(2,15)6-18-8-5-3-4-7(12(16)17)9(8)10(13)14/h3-5,15H,6H2,1-2H3,(H,13,14). The summed E-state index contributed by atoms with van der Waals surface area (Å²) in [6.07, 6.45) is 0. The van der Waals surface area contributed by atoms with E-state index in [0.717, 1.165) is 6.07 Å². The molecule has 0 atom stereocenters. The minimum absolute atomic E-state index is 0.140. The van der Waals surface area contributed by atoms with Crippen LogP contribution in [-0.2, 0) is 0 Å². The minimum atomic E-state index is -1.45. The van der Waals surface area contributed by atoms with Crippen LogP contribution in [0.3, 0.4) is 0 Å². The van der Waals surface area contributed by atoms with E-state index in [9.17, 15) is 20.0 Å². The van der Waals surface area contributed by atoms with E-state index in [-0.39, 0.29) is 12.4 Å². The molecule has 0 amide bonds. The third kappa shape index (κ3) is 3.42. The third-order valence-electron chi connectivity index (χ3n) is 2.00. The lowest BCUT2D eigenvalue weighted by atomic mass is 10.1. The number of carboxylic acid groups (broad SMARTS) is 1. The summed E-state index contributed by atoms with van der Waals surface area (Å²) in [5, 5.41) is 29.2. The number of aromatic carboxylic acids is 1. The Hall–Kier alpha value is -2.15. The number of nitro benzene ring substituents is 1. The highest BCUT2D eigenvalue weighted by molar-refractivity contribution is 5.95. The Morgan fingerprint density at radius 1 is 1.50 bits per heavy atom. The highest BCUT2D eigenvalue weighted by Gasteiger charge is 2.25. The molecule has 0 fully saturated rings. The topological polar surface area (TPSA) is 110 Å². The van der Waals surface area contributed by atoms with Crippen LogP contribution >= 0.6 is 0 Å². The van der Waals surface area contributed by atoms with Gasteiger partial charge in [-0.05, 0) is 19.9 Å². The molecular formula is C11H13NO6. The van der Waals surface area contributed by atoms with Crippen molar-refractivity contribution in [1.82, 2.24) is 0 Å². The zero-order valence-electron chi connectivity index (χ0n) is 9.91. The molecule has 7 heteroatoms. The van der Waals surface area contributed by atoms with Gasteiger partial charge in [0.15, 0.2) is 5.56 Å². The summed E-state index contributed by atoms with van der Waals surface area (Å²) in [7, 11) is 0. The maximum Gasteiger partial charge on any atom is 0.346 e. The Bertz CT molecular complexity index is 477. The Kier molecular flexibility index (Phi) is 3.87. The van der Waals surface area contributed by atoms with Gasteiger partial charge in [-0.2, -0.15) is 0 Å². The van der Waals surface area contributed by atoms with Gasteiger partial charge in [0.2, 0.25) is 0 Å². The van der Waals surface area contributed by atoms with E-state index in [1.807, 2.05) is 0 Å². The molecule has 0 aromatic heterocycles. The summed E-state index contributed by atoms with van der Waals surface area (Å²) in [6.45, 7) is 2.78. The summed E-state index contributed by atoms with van der Waals surface area (Å²) in [5.41, 5.74) is -2.23. The fourth-order valence-corrected chi connectivity index (χ4v) is 1.26. The number of rotatable bonds is 5. The van der Waals surface area contributed by atoms with Gasteiger partial charge in [0.25, 0.3) is 5.69 Å². The second-order valence-corrected chi connectivity index (χ2v) is 4.31. The van der Waals surface area contributed by atoms with Crippen LogP contribution in [0.5, 0.6) is 5.75 Å². The number of carboxylic acids is 1. The molecule has 98 valence electrons. The van der Waals surface area contributed by atoms with Crippen molar-refractivity contribution in [2.45, 2.75) is 19.4 Å². The zero-order valence-corrected chi connectivity index (χ0v) is 9.91. The van der Waals surface area contributed by atoms with Gasteiger partial charge >= 0.3 is 5.97 Å². The first kappa shape index (κ1) is 13.9. The molecule has 0 aliphatic rings. The van der Waals surface area contributed by atoms with Gasteiger partial charge in [0, 0.05) is 6.07 Å². The van der Waals surface area contributed by atoms with E-state index in [2.05, 4.69) is 0 Å². The van der Waals surface area contributed by atoms with Gasteiger partial charge in [-0.3, -0.25) is 10.1 Å². The second-order valence-electron chi connectivity index (χ2n) is 4.31. The zero-order chi connectivity index (χ0) is 13.9. The maximum absolute atomic E-state index is 11.0. The normalized spacial score (nSPS) is 11.1. The molecule has 0 saturated carbocycles. The molecule has 1 aromatic rings. The summed E-state index contributed by atoms with van der Waals surface area (Å²) in [4.78, 5) is 21.0. The number of carbonyl (C=O) groups is 1. The van der Waals surface area contributed by atoms with E-state index in [1.54, 1.807) is 0 Å². The molecule has 0 aliphatic heterocycles. The lowest BCUT2D eigenvalue weighted by Gasteiger charge is -2.18. The molecule has 7 nitrogen and oxygen atoms in total. The number of benzene rings is 1. The van der Waals surface area contributed by atoms with Crippen molar-refractivity contribution in [2.24, 2.45) is 0 Å². The molecule has 0 heterocycles. The fourth-order valence-electron chi connectivity index (χ4n) is 1.26. The van der Waals surface area contributed by atoms with Crippen molar-refractivity contribution in [3.8, 4) is 5.75 Å². The number of hydrogen-bond acceptors (Lipinski definition) is 5. The molecule has 18 heavy (non-hydrogen) atoms. The van der Waals surface area contributed by atoms with Crippen LogP contribution in [0.15, 0.2) is 18.2 Å². The van der Waals surface area contributed by atoms with Crippen molar-refractivity contribution in [1.29, 1.82) is 0 Å². The first-order valence-corrected chi connectivity index (χ1v) is 5.08.